The van der Waals surface area contributed by atoms with Crippen molar-refractivity contribution in [2.75, 3.05) is 38.5 Å². The van der Waals surface area contributed by atoms with Gasteiger partial charge in [-0.25, -0.2) is 0 Å². The Hall–Kier alpha value is -2.73. The maximum Gasteiger partial charge on any atom is 0.0837 e. The van der Waals surface area contributed by atoms with Gasteiger partial charge in [-0.05, 0) is 61.0 Å². The van der Waals surface area contributed by atoms with E-state index >= 15 is 0 Å². The van der Waals surface area contributed by atoms with E-state index in [9.17, 15) is 0 Å². The average molecular weight is 429 g/mol. The number of nitrogens with zero attached hydrogens (tertiary/aromatic N) is 3. The first-order chi connectivity index (χ1) is 15.1. The molecule has 0 spiro atoms. The Morgan fingerprint density at radius 2 is 1.81 bits per heavy atom. The molecule has 2 aromatic heterocycles. The van der Waals surface area contributed by atoms with Gasteiger partial charge in [0.15, 0.2) is 0 Å². The molecular formula is C26H28N4S. The maximum absolute atomic E-state index is 4.63. The lowest BCUT2D eigenvalue weighted by atomic mass is 10.1. The van der Waals surface area contributed by atoms with Crippen LogP contribution in [0.2, 0.25) is 0 Å². The third-order valence-corrected chi connectivity index (χ3v) is 7.13. The second kappa shape index (κ2) is 8.79. The van der Waals surface area contributed by atoms with Crippen molar-refractivity contribution in [1.29, 1.82) is 0 Å². The van der Waals surface area contributed by atoms with E-state index < -0.39 is 0 Å². The minimum atomic E-state index is 1.02. The topological polar surface area (TPSA) is 31.4 Å². The van der Waals surface area contributed by atoms with Crippen LogP contribution < -0.4 is 5.32 Å². The van der Waals surface area contributed by atoms with Crippen molar-refractivity contribution >= 4 is 32.9 Å². The number of benzene rings is 2. The first-order valence-electron chi connectivity index (χ1n) is 10.9. The number of piperazine rings is 1. The zero-order chi connectivity index (χ0) is 21.2. The SMILES string of the molecule is Cc1cccc(Nc2ccnc3cc(-c4cccc(CN5CCN(C)CC5)c4)sc23)c1. The number of hydrogen-bond acceptors (Lipinski definition) is 5. The van der Waals surface area contributed by atoms with Crippen LogP contribution in [0.3, 0.4) is 0 Å². The van der Waals surface area contributed by atoms with Crippen molar-refractivity contribution in [1.82, 2.24) is 14.8 Å². The van der Waals surface area contributed by atoms with Gasteiger partial charge in [0, 0.05) is 49.5 Å². The van der Waals surface area contributed by atoms with Crippen LogP contribution in [0.1, 0.15) is 11.1 Å². The van der Waals surface area contributed by atoms with E-state index in [4.69, 9.17) is 0 Å². The highest BCUT2D eigenvalue weighted by atomic mass is 32.1. The number of hydrogen-bond donors (Lipinski definition) is 1. The summed E-state index contributed by atoms with van der Waals surface area (Å²) in [5, 5.41) is 3.58. The summed E-state index contributed by atoms with van der Waals surface area (Å²) < 4.78 is 1.20. The van der Waals surface area contributed by atoms with Gasteiger partial charge in [0.05, 0.1) is 15.9 Å². The summed E-state index contributed by atoms with van der Waals surface area (Å²) in [5.74, 6) is 0. The Bertz CT molecular complexity index is 1190. The smallest absolute Gasteiger partial charge is 0.0837 e. The first kappa shape index (κ1) is 20.2. The van der Waals surface area contributed by atoms with Gasteiger partial charge in [-0.3, -0.25) is 9.88 Å². The fourth-order valence-electron chi connectivity index (χ4n) is 4.14. The summed E-state index contributed by atoms with van der Waals surface area (Å²) in [6.45, 7) is 7.72. The molecule has 1 aliphatic rings. The van der Waals surface area contributed by atoms with Crippen LogP contribution in [-0.4, -0.2) is 48.0 Å². The van der Waals surface area contributed by atoms with E-state index in [-0.39, 0.29) is 0 Å². The van der Waals surface area contributed by atoms with Gasteiger partial charge in [-0.1, -0.05) is 30.3 Å². The Morgan fingerprint density at radius 1 is 0.968 bits per heavy atom. The van der Waals surface area contributed by atoms with Gasteiger partial charge in [-0.2, -0.15) is 0 Å². The number of likely N-dealkylation sites (N-methyl/N-ethyl adjacent to an activating group) is 1. The molecule has 0 bridgehead atoms. The lowest BCUT2D eigenvalue weighted by Gasteiger charge is -2.32. The zero-order valence-corrected chi connectivity index (χ0v) is 19.0. The molecule has 0 atom stereocenters. The Morgan fingerprint density at radius 3 is 2.65 bits per heavy atom. The Kier molecular flexibility index (Phi) is 5.72. The van der Waals surface area contributed by atoms with E-state index in [0.717, 1.165) is 49.6 Å². The quantitative estimate of drug-likeness (QED) is 0.438. The highest BCUT2D eigenvalue weighted by Crippen LogP contribution is 2.37. The molecule has 3 heterocycles. The minimum absolute atomic E-state index is 1.02. The number of anilines is 2. The molecule has 1 saturated heterocycles. The summed E-state index contributed by atoms with van der Waals surface area (Å²) in [4.78, 5) is 10.8. The fraction of sp³-hybridized carbons (Fsp3) is 0.269. The second-order valence-electron chi connectivity index (χ2n) is 8.46. The molecule has 0 aliphatic carbocycles. The molecule has 0 unspecified atom stereocenters. The standard InChI is InChI=1S/C26H28N4S/c1-19-5-3-8-22(15-19)28-23-9-10-27-24-17-25(31-26(23)24)21-7-4-6-20(16-21)18-30-13-11-29(2)12-14-30/h3-10,15-17H,11-14,18H2,1-2H3,(H,27,28). The predicted molar refractivity (Wildman–Crippen MR) is 132 cm³/mol. The highest BCUT2D eigenvalue weighted by molar-refractivity contribution is 7.22. The number of fused-ring (bicyclic) bond motifs is 1. The van der Waals surface area contributed by atoms with E-state index in [0.29, 0.717) is 0 Å². The molecule has 1 aliphatic heterocycles. The van der Waals surface area contributed by atoms with Crippen LogP contribution in [0.4, 0.5) is 11.4 Å². The monoisotopic (exact) mass is 428 g/mol. The first-order valence-corrected chi connectivity index (χ1v) is 11.7. The summed E-state index contributed by atoms with van der Waals surface area (Å²) in [7, 11) is 2.20. The van der Waals surface area contributed by atoms with E-state index in [1.54, 1.807) is 0 Å². The molecule has 1 N–H and O–H groups in total. The summed E-state index contributed by atoms with van der Waals surface area (Å²) in [6, 6.07) is 21.8. The molecular weight excluding hydrogens is 400 g/mol. The number of aryl methyl sites for hydroxylation is 1. The summed E-state index contributed by atoms with van der Waals surface area (Å²) >= 11 is 1.81. The second-order valence-corrected chi connectivity index (χ2v) is 9.51. The van der Waals surface area contributed by atoms with Gasteiger partial charge in [0.1, 0.15) is 0 Å². The van der Waals surface area contributed by atoms with Crippen molar-refractivity contribution in [2.24, 2.45) is 0 Å². The fourth-order valence-corrected chi connectivity index (χ4v) is 5.22. The van der Waals surface area contributed by atoms with Crippen LogP contribution in [0, 0.1) is 6.92 Å². The van der Waals surface area contributed by atoms with Gasteiger partial charge in [-0.15, -0.1) is 11.3 Å². The third-order valence-electron chi connectivity index (χ3n) is 5.92. The van der Waals surface area contributed by atoms with Crippen molar-refractivity contribution in [3.05, 3.63) is 78.0 Å². The lowest BCUT2D eigenvalue weighted by molar-refractivity contribution is 0.148. The van der Waals surface area contributed by atoms with Crippen molar-refractivity contribution in [3.63, 3.8) is 0 Å². The molecule has 0 radical (unpaired) electrons. The molecule has 5 rings (SSSR count). The van der Waals surface area contributed by atoms with Crippen molar-refractivity contribution in [3.8, 4) is 10.4 Å². The average Bonchev–Trinajstić information content (AvgIpc) is 3.21. The molecule has 31 heavy (non-hydrogen) atoms. The van der Waals surface area contributed by atoms with E-state index in [1.807, 2.05) is 17.5 Å². The minimum Gasteiger partial charge on any atom is -0.354 e. The summed E-state index contributed by atoms with van der Waals surface area (Å²) in [6.07, 6.45) is 1.89. The van der Waals surface area contributed by atoms with Crippen LogP contribution in [-0.2, 0) is 6.54 Å². The Labute approximate surface area is 188 Å². The molecule has 4 nitrogen and oxygen atoms in total. The third kappa shape index (κ3) is 4.64. The van der Waals surface area contributed by atoms with Crippen molar-refractivity contribution < 1.29 is 0 Å². The van der Waals surface area contributed by atoms with Gasteiger partial charge in [0.25, 0.3) is 0 Å². The van der Waals surface area contributed by atoms with Crippen LogP contribution >= 0.6 is 11.3 Å². The van der Waals surface area contributed by atoms with Gasteiger partial charge < -0.3 is 10.2 Å². The predicted octanol–water partition coefficient (Wildman–Crippen LogP) is 5.76. The number of aromatic nitrogens is 1. The van der Waals surface area contributed by atoms with Crippen LogP contribution in [0.15, 0.2) is 66.9 Å². The van der Waals surface area contributed by atoms with E-state index in [1.165, 1.54) is 26.3 Å². The molecule has 2 aromatic carbocycles. The zero-order valence-electron chi connectivity index (χ0n) is 18.1. The normalized spacial score (nSPS) is 15.4. The number of nitrogens with one attached hydrogen (secondary N) is 1. The number of thiophene rings is 1. The molecule has 0 amide bonds. The molecule has 158 valence electrons. The van der Waals surface area contributed by atoms with Gasteiger partial charge in [0.2, 0.25) is 0 Å². The van der Waals surface area contributed by atoms with E-state index in [2.05, 4.69) is 94.7 Å². The number of pyridine rings is 1. The van der Waals surface area contributed by atoms with Gasteiger partial charge >= 0.3 is 0 Å². The molecule has 5 heteroatoms. The summed E-state index contributed by atoms with van der Waals surface area (Å²) in [5.41, 5.74) is 7.17. The van der Waals surface area contributed by atoms with Crippen molar-refractivity contribution in [2.45, 2.75) is 13.5 Å². The lowest BCUT2D eigenvalue weighted by Crippen LogP contribution is -2.43. The number of rotatable bonds is 5. The molecule has 0 saturated carbocycles. The Balaban J connectivity index is 1.40. The maximum atomic E-state index is 4.63. The highest BCUT2D eigenvalue weighted by Gasteiger charge is 2.15. The van der Waals surface area contributed by atoms with Crippen LogP contribution in [0.25, 0.3) is 20.7 Å². The molecule has 4 aromatic rings. The van der Waals surface area contributed by atoms with Crippen LogP contribution in [0.5, 0.6) is 0 Å². The molecule has 1 fully saturated rings. The largest absolute Gasteiger partial charge is 0.354 e.